The van der Waals surface area contributed by atoms with Gasteiger partial charge in [0.15, 0.2) is 0 Å². The van der Waals surface area contributed by atoms with E-state index >= 15 is 0 Å². The van der Waals surface area contributed by atoms with Gasteiger partial charge in [0.25, 0.3) is 0 Å². The summed E-state index contributed by atoms with van der Waals surface area (Å²) in [4.78, 5) is 10.2. The number of carbonyl (C=O) groups is 1. The Morgan fingerprint density at radius 3 is 1.17 bits per heavy atom. The monoisotopic (exact) mass is 382 g/mol. The van der Waals surface area contributed by atoms with E-state index in [9.17, 15) is 9.90 Å². The molecular formula is C18H38O5Ti. The normalized spacial score (nSPS) is 10.2. The summed E-state index contributed by atoms with van der Waals surface area (Å²) in [5, 5.41) is 10.2. The van der Waals surface area contributed by atoms with Gasteiger partial charge in [0.05, 0.1) is 0 Å². The Bertz CT molecular complexity index is 247. The molecular weight excluding hydrogens is 344 g/mol. The number of carbonyl (C=O) groups excluding carboxylic acids is 1. The van der Waals surface area contributed by atoms with E-state index in [1.54, 1.807) is 0 Å². The van der Waals surface area contributed by atoms with E-state index in [-0.39, 0.29) is 6.42 Å². The van der Waals surface area contributed by atoms with E-state index < -0.39 is 25.0 Å². The molecule has 0 aliphatic heterocycles. The van der Waals surface area contributed by atoms with Gasteiger partial charge < -0.3 is 9.90 Å². The van der Waals surface area contributed by atoms with Gasteiger partial charge in [-0.15, -0.1) is 0 Å². The summed E-state index contributed by atoms with van der Waals surface area (Å²) in [6.45, 7) is 2.27. The van der Waals surface area contributed by atoms with Crippen molar-refractivity contribution >= 4 is 5.97 Å². The third-order valence-corrected chi connectivity index (χ3v) is 3.98. The number of carboxylic acid groups (broad SMARTS) is 1. The van der Waals surface area contributed by atoms with E-state index in [0.29, 0.717) is 0 Å². The zero-order valence-corrected chi connectivity index (χ0v) is 17.0. The van der Waals surface area contributed by atoms with E-state index in [0.717, 1.165) is 12.8 Å². The van der Waals surface area contributed by atoms with Crippen LogP contribution in [0.25, 0.3) is 0 Å². The van der Waals surface area contributed by atoms with Gasteiger partial charge in [0.1, 0.15) is 0 Å². The number of aliphatic carboxylic acids is 1. The van der Waals surface area contributed by atoms with Crippen LogP contribution in [0, 0.1) is 0 Å². The maximum atomic E-state index is 10.2. The van der Waals surface area contributed by atoms with Crippen molar-refractivity contribution in [2.75, 3.05) is 0 Å². The first-order chi connectivity index (χ1) is 11.5. The average molecular weight is 382 g/mol. The fourth-order valence-electron chi connectivity index (χ4n) is 2.64. The van der Waals surface area contributed by atoms with Gasteiger partial charge >= 0.3 is 30.1 Å². The third-order valence-electron chi connectivity index (χ3n) is 3.98. The zero-order valence-electron chi connectivity index (χ0n) is 15.5. The Kier molecular flexibility index (Phi) is 25.3. The number of rotatable bonds is 16. The molecule has 0 rings (SSSR count). The van der Waals surface area contributed by atoms with Crippen LogP contribution in [-0.4, -0.2) is 17.0 Å². The first-order valence-corrected chi connectivity index (χ1v) is 11.7. The van der Waals surface area contributed by atoms with Crippen LogP contribution in [0.4, 0.5) is 0 Å². The number of carboxylic acids is 1. The van der Waals surface area contributed by atoms with E-state index in [4.69, 9.17) is 11.1 Å². The first kappa shape index (κ1) is 26.3. The van der Waals surface area contributed by atoms with Crippen molar-refractivity contribution in [3.05, 3.63) is 0 Å². The minimum absolute atomic E-state index is 0.234. The first-order valence-electron chi connectivity index (χ1n) is 9.64. The Labute approximate surface area is 155 Å². The van der Waals surface area contributed by atoms with E-state index in [1.165, 1.54) is 83.5 Å². The fraction of sp³-hybridized carbons (Fsp3) is 0.944. The molecule has 0 aromatic carbocycles. The minimum atomic E-state index is -3.33. The number of unbranched alkanes of at least 4 members (excludes halogenated alkanes) is 14. The van der Waals surface area contributed by atoms with Gasteiger partial charge in [-0.3, -0.25) is 0 Å². The predicted molar refractivity (Wildman–Crippen MR) is 91.2 cm³/mol. The average Bonchev–Trinajstić information content (AvgIpc) is 2.50. The fourth-order valence-corrected chi connectivity index (χ4v) is 2.64. The summed E-state index contributed by atoms with van der Waals surface area (Å²) in [6.07, 6.45) is 19.9. The molecule has 24 heavy (non-hydrogen) atoms. The molecule has 0 fully saturated rings. The molecule has 0 amide bonds. The van der Waals surface area contributed by atoms with Gasteiger partial charge in [-0.2, -0.15) is 0 Å². The van der Waals surface area contributed by atoms with Gasteiger partial charge in [-0.1, -0.05) is 96.8 Å². The Morgan fingerprint density at radius 1 is 0.667 bits per heavy atom. The summed E-state index contributed by atoms with van der Waals surface area (Å²) in [6, 6.07) is 0. The molecule has 0 atom stereocenters. The number of hydrogen-bond acceptors (Lipinski definition) is 5. The molecule has 0 unspecified atom stereocenters. The van der Waals surface area contributed by atoms with Crippen LogP contribution in [0.1, 0.15) is 110 Å². The van der Waals surface area contributed by atoms with Crippen LogP contribution in [0.2, 0.25) is 0 Å². The molecule has 5 nitrogen and oxygen atoms in total. The van der Waals surface area contributed by atoms with E-state index in [2.05, 4.69) is 6.92 Å². The van der Waals surface area contributed by atoms with Crippen LogP contribution in [0.5, 0.6) is 0 Å². The van der Waals surface area contributed by atoms with Gasteiger partial charge in [-0.25, -0.2) is 0 Å². The molecule has 0 saturated carbocycles. The van der Waals surface area contributed by atoms with Gasteiger partial charge in [-0.05, 0) is 12.8 Å². The van der Waals surface area contributed by atoms with Crippen molar-refractivity contribution in [1.29, 1.82) is 0 Å². The van der Waals surface area contributed by atoms with Crippen molar-refractivity contribution in [3.8, 4) is 0 Å². The second-order valence-corrected chi connectivity index (χ2v) is 7.31. The molecule has 0 spiro atoms. The molecule has 144 valence electrons. The number of hydrogen-bond donors (Lipinski definition) is 3. The molecule has 0 saturated heterocycles. The molecule has 0 aliphatic carbocycles. The van der Waals surface area contributed by atoms with Crippen LogP contribution >= 0.6 is 0 Å². The summed E-state index contributed by atoms with van der Waals surface area (Å²) in [7, 11) is 0. The van der Waals surface area contributed by atoms with Crippen LogP contribution in [0.15, 0.2) is 0 Å². The van der Waals surface area contributed by atoms with Crippen LogP contribution < -0.4 is 5.11 Å². The van der Waals surface area contributed by atoms with Crippen molar-refractivity contribution in [3.63, 3.8) is 0 Å². The summed E-state index contributed by atoms with van der Waals surface area (Å²) in [5.41, 5.74) is 0. The Hall–Kier alpha value is 0.0643. The zero-order chi connectivity index (χ0) is 18.5. The van der Waals surface area contributed by atoms with Crippen molar-refractivity contribution < 1.29 is 40.0 Å². The molecule has 0 heterocycles. The summed E-state index contributed by atoms with van der Waals surface area (Å²) < 4.78 is 22.0. The second kappa shape index (κ2) is 23.1. The SMILES string of the molecule is CCCCCCCCCCCCCCCCCC(=O)[O-].[OH][Ti+]([OH])[OH]. The summed E-state index contributed by atoms with van der Waals surface area (Å²) >= 11 is -3.33. The molecule has 6 heteroatoms. The molecule has 3 N–H and O–H groups in total. The molecule has 0 aromatic rings. The molecule has 0 aromatic heterocycles. The quantitative estimate of drug-likeness (QED) is 0.281. The van der Waals surface area contributed by atoms with Crippen molar-refractivity contribution in [1.82, 2.24) is 0 Å². The molecule has 0 radical (unpaired) electrons. The summed E-state index contributed by atoms with van der Waals surface area (Å²) in [5.74, 6) is -0.903. The predicted octanol–water partition coefficient (Wildman–Crippen LogP) is 3.32. The molecule has 0 aliphatic rings. The van der Waals surface area contributed by atoms with Crippen molar-refractivity contribution in [2.45, 2.75) is 110 Å². The van der Waals surface area contributed by atoms with Gasteiger partial charge in [0.2, 0.25) is 0 Å². The Balaban J connectivity index is 0. The molecule has 0 bridgehead atoms. The van der Waals surface area contributed by atoms with Crippen LogP contribution in [0.3, 0.4) is 0 Å². The topological polar surface area (TPSA) is 101 Å². The van der Waals surface area contributed by atoms with E-state index in [1.807, 2.05) is 0 Å². The second-order valence-electron chi connectivity index (χ2n) is 6.37. The van der Waals surface area contributed by atoms with Crippen molar-refractivity contribution in [2.24, 2.45) is 0 Å². The Morgan fingerprint density at radius 2 is 0.917 bits per heavy atom. The standard InChI is InChI=1S/C18H36O2.3H2O.Ti/c1-2-3-4-5-6-7-8-9-10-11-12-13-14-15-16-17-18(19)20;;;;/h2-17H2,1H3,(H,19,20);3*1H2;/q;;;;+4/p-4. The van der Waals surface area contributed by atoms with Gasteiger partial charge in [0, 0.05) is 5.97 Å². The van der Waals surface area contributed by atoms with Crippen LogP contribution in [-0.2, 0) is 23.8 Å². The third kappa shape index (κ3) is 33.6. The maximum absolute atomic E-state index is 10.2.